The number of hydrogen-bond donors (Lipinski definition) is 3. The van der Waals surface area contributed by atoms with Gasteiger partial charge in [0.15, 0.2) is 0 Å². The van der Waals surface area contributed by atoms with Crippen LogP contribution in [0, 0.1) is 28.5 Å². The van der Waals surface area contributed by atoms with Gasteiger partial charge >= 0.3 is 0 Å². The Labute approximate surface area is 232 Å². The third-order valence-electron chi connectivity index (χ3n) is 9.48. The lowest BCUT2D eigenvalue weighted by Gasteiger charge is -2.39. The SMILES string of the molecule is C[C@]12CC(C=N)=C(Nc3ccc(F)cc3)C=C1CC[C@@H]2CC(NC(=O)CCC1CCCCC1)c1ccccc1. The number of benzene rings is 2. The summed E-state index contributed by atoms with van der Waals surface area (Å²) < 4.78 is 13.4. The molecule has 0 aliphatic heterocycles. The van der Waals surface area contributed by atoms with Gasteiger partial charge in [-0.2, -0.15) is 0 Å². The highest BCUT2D eigenvalue weighted by Crippen LogP contribution is 2.56. The van der Waals surface area contributed by atoms with Crippen molar-refractivity contribution in [2.24, 2.45) is 17.3 Å². The number of halogens is 1. The van der Waals surface area contributed by atoms with Gasteiger partial charge in [0.05, 0.1) is 6.04 Å². The summed E-state index contributed by atoms with van der Waals surface area (Å²) in [5.74, 6) is 1.01. The van der Waals surface area contributed by atoms with Crippen LogP contribution < -0.4 is 10.6 Å². The van der Waals surface area contributed by atoms with E-state index >= 15 is 0 Å². The Morgan fingerprint density at radius 1 is 1.08 bits per heavy atom. The first-order chi connectivity index (χ1) is 18.9. The highest BCUT2D eigenvalue weighted by Gasteiger charge is 2.45. The fraction of sp³-hybridized carbons (Fsp3) is 0.471. The summed E-state index contributed by atoms with van der Waals surface area (Å²) in [5, 5.41) is 15.0. The van der Waals surface area contributed by atoms with Crippen molar-refractivity contribution in [2.75, 3.05) is 5.32 Å². The number of fused-ring (bicyclic) bond motifs is 1. The van der Waals surface area contributed by atoms with Crippen LogP contribution in [0.25, 0.3) is 0 Å². The zero-order valence-electron chi connectivity index (χ0n) is 23.1. The first-order valence-electron chi connectivity index (χ1n) is 14.8. The van der Waals surface area contributed by atoms with E-state index in [4.69, 9.17) is 5.41 Å². The van der Waals surface area contributed by atoms with Crippen LogP contribution in [0.1, 0.15) is 89.2 Å². The molecule has 206 valence electrons. The highest BCUT2D eigenvalue weighted by atomic mass is 19.1. The van der Waals surface area contributed by atoms with Crippen LogP contribution in [0.15, 0.2) is 77.5 Å². The normalized spacial score (nSPS) is 24.1. The summed E-state index contributed by atoms with van der Waals surface area (Å²) >= 11 is 0. The second-order valence-corrected chi connectivity index (χ2v) is 12.0. The lowest BCUT2D eigenvalue weighted by atomic mass is 9.67. The third-order valence-corrected chi connectivity index (χ3v) is 9.48. The van der Waals surface area contributed by atoms with Gasteiger partial charge in [-0.1, -0.05) is 74.9 Å². The van der Waals surface area contributed by atoms with E-state index in [-0.39, 0.29) is 23.2 Å². The number of anilines is 1. The molecule has 0 spiro atoms. The van der Waals surface area contributed by atoms with Gasteiger partial charge in [0.1, 0.15) is 5.82 Å². The maximum absolute atomic E-state index is 13.4. The molecule has 3 aliphatic rings. The number of amides is 1. The molecule has 2 aromatic carbocycles. The molecule has 3 N–H and O–H groups in total. The molecule has 1 unspecified atom stereocenters. The molecular formula is C34H42FN3O. The average Bonchev–Trinajstić information content (AvgIpc) is 3.28. The summed E-state index contributed by atoms with van der Waals surface area (Å²) in [5.41, 5.74) is 5.23. The standard InChI is InChI=1S/C34H42FN3O/c1-34-22-26(23-36)32(37-30-17-15-29(35)16-18-30)21-28(34)14-13-27(34)20-31(25-10-6-3-7-11-25)38-33(39)19-12-24-8-4-2-5-9-24/h3,6-7,10-11,15-18,21,23-24,27,31,36-37H,2,4-5,8-9,12-14,19-20,22H2,1H3,(H,38,39)/t27-,31?,34-/m1/s1. The molecule has 0 saturated heterocycles. The number of rotatable bonds is 10. The van der Waals surface area contributed by atoms with Crippen molar-refractivity contribution in [2.45, 2.75) is 83.6 Å². The van der Waals surface area contributed by atoms with Gasteiger partial charge in [-0.05, 0) is 90.8 Å². The van der Waals surface area contributed by atoms with Crippen molar-refractivity contribution in [3.05, 3.63) is 88.9 Å². The zero-order valence-corrected chi connectivity index (χ0v) is 23.1. The van der Waals surface area contributed by atoms with E-state index < -0.39 is 0 Å². The Morgan fingerprint density at radius 2 is 1.82 bits per heavy atom. The van der Waals surface area contributed by atoms with E-state index in [9.17, 15) is 9.18 Å². The molecular weight excluding hydrogens is 485 g/mol. The maximum atomic E-state index is 13.4. The Bertz CT molecular complexity index is 1210. The zero-order chi connectivity index (χ0) is 27.2. The Balaban J connectivity index is 1.29. The van der Waals surface area contributed by atoms with Gasteiger partial charge in [-0.3, -0.25) is 4.79 Å². The van der Waals surface area contributed by atoms with Crippen LogP contribution in [-0.4, -0.2) is 12.1 Å². The Hall–Kier alpha value is -3.21. The molecule has 0 aromatic heterocycles. The Morgan fingerprint density at radius 3 is 2.54 bits per heavy atom. The van der Waals surface area contributed by atoms with Crippen LogP contribution >= 0.6 is 0 Å². The van der Waals surface area contributed by atoms with Gasteiger partial charge in [0, 0.05) is 24.0 Å². The van der Waals surface area contributed by atoms with Crippen LogP contribution in [0.3, 0.4) is 0 Å². The summed E-state index contributed by atoms with van der Waals surface area (Å²) in [6.07, 6.45) is 15.5. The van der Waals surface area contributed by atoms with E-state index in [0.717, 1.165) is 49.1 Å². The number of carbonyl (C=O) groups excluding carboxylic acids is 1. The molecule has 0 bridgehead atoms. The first-order valence-corrected chi connectivity index (χ1v) is 14.8. The predicted octanol–water partition coefficient (Wildman–Crippen LogP) is 8.50. The quantitative estimate of drug-likeness (QED) is 0.271. The monoisotopic (exact) mass is 527 g/mol. The molecule has 1 amide bonds. The molecule has 5 rings (SSSR count). The largest absolute Gasteiger partial charge is 0.355 e. The van der Waals surface area contributed by atoms with Crippen LogP contribution in [-0.2, 0) is 4.79 Å². The van der Waals surface area contributed by atoms with E-state index in [0.29, 0.717) is 18.3 Å². The molecule has 2 fully saturated rings. The lowest BCUT2D eigenvalue weighted by molar-refractivity contribution is -0.122. The molecule has 4 nitrogen and oxygen atoms in total. The number of allylic oxidation sites excluding steroid dienone is 3. The average molecular weight is 528 g/mol. The minimum Gasteiger partial charge on any atom is -0.355 e. The van der Waals surface area contributed by atoms with Gasteiger partial charge < -0.3 is 16.0 Å². The fourth-order valence-electron chi connectivity index (χ4n) is 7.09. The van der Waals surface area contributed by atoms with Gasteiger partial charge in [-0.25, -0.2) is 4.39 Å². The van der Waals surface area contributed by atoms with Crippen LogP contribution in [0.5, 0.6) is 0 Å². The lowest BCUT2D eigenvalue weighted by Crippen LogP contribution is -2.34. The summed E-state index contributed by atoms with van der Waals surface area (Å²) in [7, 11) is 0. The smallest absolute Gasteiger partial charge is 0.220 e. The highest BCUT2D eigenvalue weighted by molar-refractivity contribution is 5.81. The molecule has 0 radical (unpaired) electrons. The topological polar surface area (TPSA) is 65.0 Å². The molecule has 3 atom stereocenters. The number of hydrogen-bond acceptors (Lipinski definition) is 3. The van der Waals surface area contributed by atoms with Crippen molar-refractivity contribution in [3.8, 4) is 0 Å². The predicted molar refractivity (Wildman–Crippen MR) is 157 cm³/mol. The molecule has 3 aliphatic carbocycles. The second kappa shape index (κ2) is 12.3. The number of carbonyl (C=O) groups is 1. The first kappa shape index (κ1) is 27.4. The van der Waals surface area contributed by atoms with Crippen molar-refractivity contribution in [1.29, 1.82) is 5.41 Å². The Kier molecular flexibility index (Phi) is 8.64. The van der Waals surface area contributed by atoms with Crippen molar-refractivity contribution >= 4 is 17.8 Å². The van der Waals surface area contributed by atoms with Crippen LogP contribution in [0.2, 0.25) is 0 Å². The van der Waals surface area contributed by atoms with Crippen LogP contribution in [0.4, 0.5) is 10.1 Å². The molecule has 39 heavy (non-hydrogen) atoms. The minimum atomic E-state index is -0.260. The van der Waals surface area contributed by atoms with Crippen molar-refractivity contribution in [3.63, 3.8) is 0 Å². The van der Waals surface area contributed by atoms with Crippen molar-refractivity contribution in [1.82, 2.24) is 5.32 Å². The molecule has 2 aromatic rings. The van der Waals surface area contributed by atoms with E-state index in [1.807, 2.05) is 6.07 Å². The minimum absolute atomic E-state index is 0.0163. The van der Waals surface area contributed by atoms with Gasteiger partial charge in [-0.15, -0.1) is 0 Å². The molecule has 2 saturated carbocycles. The summed E-state index contributed by atoms with van der Waals surface area (Å²) in [6.45, 7) is 2.33. The molecule has 5 heteroatoms. The van der Waals surface area contributed by atoms with Crippen molar-refractivity contribution < 1.29 is 9.18 Å². The van der Waals surface area contributed by atoms with Gasteiger partial charge in [0.2, 0.25) is 5.91 Å². The van der Waals surface area contributed by atoms with Gasteiger partial charge in [0.25, 0.3) is 0 Å². The fourth-order valence-corrected chi connectivity index (χ4v) is 7.09. The van der Waals surface area contributed by atoms with E-state index in [2.05, 4.69) is 47.9 Å². The van der Waals surface area contributed by atoms with E-state index in [1.165, 1.54) is 61.6 Å². The summed E-state index contributed by atoms with van der Waals surface area (Å²) in [6, 6.07) is 16.8. The summed E-state index contributed by atoms with van der Waals surface area (Å²) in [4.78, 5) is 13.2. The second-order valence-electron chi connectivity index (χ2n) is 12.0. The molecule has 0 heterocycles. The maximum Gasteiger partial charge on any atom is 0.220 e. The number of nitrogens with one attached hydrogen (secondary N) is 3. The third kappa shape index (κ3) is 6.51. The van der Waals surface area contributed by atoms with E-state index in [1.54, 1.807) is 12.1 Å².